The lowest BCUT2D eigenvalue weighted by molar-refractivity contribution is 0.0671. The third-order valence-electron chi connectivity index (χ3n) is 7.24. The number of carbonyl (C=O) groups is 2. The monoisotopic (exact) mass is 500 g/mol. The molecule has 2 atom stereocenters. The number of hydrogen-bond acceptors (Lipinski definition) is 5. The zero-order chi connectivity index (χ0) is 26.3. The highest BCUT2D eigenvalue weighted by Crippen LogP contribution is 2.30. The van der Waals surface area contributed by atoms with Crippen LogP contribution < -0.4 is 10.1 Å². The molecule has 1 fully saturated rings. The Morgan fingerprint density at radius 1 is 1.08 bits per heavy atom. The molecule has 1 N–H and O–H groups in total. The summed E-state index contributed by atoms with van der Waals surface area (Å²) in [7, 11) is 5.24. The summed E-state index contributed by atoms with van der Waals surface area (Å²) in [4.78, 5) is 33.3. The van der Waals surface area contributed by atoms with E-state index in [1.165, 1.54) is 0 Å². The topological polar surface area (TPSA) is 94.3 Å². The number of benzene rings is 2. The summed E-state index contributed by atoms with van der Waals surface area (Å²) in [5.74, 6) is -0.225. The molecule has 1 saturated heterocycles. The Hall–Kier alpha value is -4.14. The van der Waals surface area contributed by atoms with Crippen molar-refractivity contribution in [3.8, 4) is 6.01 Å². The molecule has 2 amide bonds. The van der Waals surface area contributed by atoms with E-state index in [9.17, 15) is 9.59 Å². The molecule has 0 saturated carbocycles. The highest BCUT2D eigenvalue weighted by atomic mass is 16.5. The lowest BCUT2D eigenvalue weighted by Gasteiger charge is -2.39. The lowest BCUT2D eigenvalue weighted by Crippen LogP contribution is -2.51. The number of methoxy groups -OCH3 is 1. The molecule has 4 aromatic rings. The molecule has 0 unspecified atom stereocenters. The first kappa shape index (κ1) is 24.5. The van der Waals surface area contributed by atoms with Gasteiger partial charge in [0, 0.05) is 44.7 Å². The van der Waals surface area contributed by atoms with Crippen LogP contribution in [0, 0.1) is 13.8 Å². The van der Waals surface area contributed by atoms with Crippen molar-refractivity contribution in [2.75, 3.05) is 20.2 Å². The second kappa shape index (κ2) is 9.72. The van der Waals surface area contributed by atoms with Crippen LogP contribution in [-0.4, -0.2) is 62.3 Å². The molecule has 3 heterocycles. The van der Waals surface area contributed by atoms with Crippen molar-refractivity contribution in [1.82, 2.24) is 29.5 Å². The van der Waals surface area contributed by atoms with Gasteiger partial charge in [0.15, 0.2) is 0 Å². The predicted octanol–water partition coefficient (Wildman–Crippen LogP) is 3.36. The van der Waals surface area contributed by atoms with Crippen molar-refractivity contribution in [3.05, 3.63) is 76.6 Å². The fourth-order valence-electron chi connectivity index (χ4n) is 5.34. The number of carbonyl (C=O) groups excluding carboxylic acids is 2. The fraction of sp³-hybridized carbons (Fsp3) is 0.357. The smallest absolute Gasteiger partial charge is 0.296 e. The van der Waals surface area contributed by atoms with Crippen molar-refractivity contribution in [3.63, 3.8) is 0 Å². The van der Waals surface area contributed by atoms with Crippen molar-refractivity contribution in [2.45, 2.75) is 32.2 Å². The van der Waals surface area contributed by atoms with Gasteiger partial charge in [0.25, 0.3) is 17.8 Å². The van der Waals surface area contributed by atoms with Gasteiger partial charge >= 0.3 is 0 Å². The number of piperidine rings is 1. The number of imidazole rings is 1. The van der Waals surface area contributed by atoms with Gasteiger partial charge in [-0.1, -0.05) is 30.3 Å². The molecule has 9 heteroatoms. The van der Waals surface area contributed by atoms with E-state index in [4.69, 9.17) is 4.74 Å². The van der Waals surface area contributed by atoms with E-state index >= 15 is 0 Å². The number of ether oxygens (including phenoxy) is 1. The Morgan fingerprint density at radius 2 is 1.84 bits per heavy atom. The number of amides is 2. The number of hydrogen-bond donors (Lipinski definition) is 1. The van der Waals surface area contributed by atoms with Crippen LogP contribution in [0.1, 0.15) is 50.0 Å². The van der Waals surface area contributed by atoms with Gasteiger partial charge in [-0.15, -0.1) is 0 Å². The van der Waals surface area contributed by atoms with Gasteiger partial charge in [0.2, 0.25) is 0 Å². The number of aromatic nitrogens is 4. The normalized spacial score (nSPS) is 17.7. The molecule has 0 radical (unpaired) electrons. The molecule has 192 valence electrons. The molecule has 2 aromatic carbocycles. The molecule has 0 bridgehead atoms. The summed E-state index contributed by atoms with van der Waals surface area (Å²) in [6, 6.07) is 16.0. The SMILES string of the molecule is COc1nc2c(C)cc(C(=O)N3CC[C@@H](NC(=O)c4cc(C)nn4C)[C@@H](c4ccccc4)C3)cc2n1C. The number of likely N-dealkylation sites (tertiary alicyclic amines) is 1. The summed E-state index contributed by atoms with van der Waals surface area (Å²) in [5.41, 5.74) is 5.64. The molecule has 5 rings (SSSR count). The first-order valence-corrected chi connectivity index (χ1v) is 12.4. The van der Waals surface area contributed by atoms with Gasteiger partial charge in [-0.25, -0.2) is 0 Å². The molecular formula is C28H32N6O3. The van der Waals surface area contributed by atoms with Crippen LogP contribution in [0.2, 0.25) is 0 Å². The second-order valence-corrected chi connectivity index (χ2v) is 9.75. The van der Waals surface area contributed by atoms with Crippen LogP contribution in [0.3, 0.4) is 0 Å². The Morgan fingerprint density at radius 3 is 2.51 bits per heavy atom. The summed E-state index contributed by atoms with van der Waals surface area (Å²) in [6.45, 7) is 4.88. The van der Waals surface area contributed by atoms with Gasteiger partial charge in [-0.05, 0) is 49.6 Å². The van der Waals surface area contributed by atoms with Crippen LogP contribution >= 0.6 is 0 Å². The second-order valence-electron chi connectivity index (χ2n) is 9.75. The quantitative estimate of drug-likeness (QED) is 0.454. The molecular weight excluding hydrogens is 468 g/mol. The van der Waals surface area contributed by atoms with Crippen LogP contribution in [0.5, 0.6) is 6.01 Å². The molecule has 0 aliphatic carbocycles. The van der Waals surface area contributed by atoms with E-state index in [0.29, 0.717) is 36.8 Å². The van der Waals surface area contributed by atoms with E-state index < -0.39 is 0 Å². The van der Waals surface area contributed by atoms with Gasteiger partial charge in [-0.3, -0.25) is 18.8 Å². The number of nitrogens with one attached hydrogen (secondary N) is 1. The minimum Gasteiger partial charge on any atom is -0.468 e. The van der Waals surface area contributed by atoms with Crippen molar-refractivity contribution in [1.29, 1.82) is 0 Å². The average molecular weight is 501 g/mol. The highest BCUT2D eigenvalue weighted by molar-refractivity contribution is 5.98. The first-order chi connectivity index (χ1) is 17.8. The zero-order valence-electron chi connectivity index (χ0n) is 21.9. The average Bonchev–Trinajstić information content (AvgIpc) is 3.42. The van der Waals surface area contributed by atoms with Crippen molar-refractivity contribution in [2.24, 2.45) is 14.1 Å². The number of aryl methyl sites for hydroxylation is 4. The fourth-order valence-corrected chi connectivity index (χ4v) is 5.34. The van der Waals surface area contributed by atoms with Crippen LogP contribution in [0.4, 0.5) is 0 Å². The van der Waals surface area contributed by atoms with Gasteiger partial charge < -0.3 is 15.0 Å². The van der Waals surface area contributed by atoms with Crippen molar-refractivity contribution >= 4 is 22.8 Å². The number of nitrogens with zero attached hydrogens (tertiary/aromatic N) is 5. The minimum absolute atomic E-state index is 0.0295. The Bertz CT molecular complexity index is 1470. The first-order valence-electron chi connectivity index (χ1n) is 12.4. The van der Waals surface area contributed by atoms with Crippen LogP contribution in [0.25, 0.3) is 11.0 Å². The molecule has 9 nitrogen and oxygen atoms in total. The summed E-state index contributed by atoms with van der Waals surface area (Å²) >= 11 is 0. The molecule has 0 spiro atoms. The molecule has 2 aromatic heterocycles. The van der Waals surface area contributed by atoms with E-state index in [-0.39, 0.29) is 23.8 Å². The molecule has 1 aliphatic rings. The minimum atomic E-state index is -0.153. The molecule has 1 aliphatic heterocycles. The third-order valence-corrected chi connectivity index (χ3v) is 7.24. The highest BCUT2D eigenvalue weighted by Gasteiger charge is 2.34. The summed E-state index contributed by atoms with van der Waals surface area (Å²) in [6.07, 6.45) is 0.647. The summed E-state index contributed by atoms with van der Waals surface area (Å²) < 4.78 is 8.82. The van der Waals surface area contributed by atoms with E-state index in [1.54, 1.807) is 24.9 Å². The van der Waals surface area contributed by atoms with Gasteiger partial charge in [0.1, 0.15) is 5.69 Å². The number of rotatable bonds is 5. The maximum atomic E-state index is 13.7. The van der Waals surface area contributed by atoms with E-state index in [1.807, 2.05) is 60.7 Å². The molecule has 37 heavy (non-hydrogen) atoms. The van der Waals surface area contributed by atoms with Gasteiger partial charge in [0.05, 0.1) is 23.8 Å². The van der Waals surface area contributed by atoms with Gasteiger partial charge in [-0.2, -0.15) is 10.1 Å². The lowest BCUT2D eigenvalue weighted by atomic mass is 9.85. The predicted molar refractivity (Wildman–Crippen MR) is 141 cm³/mol. The Labute approximate surface area is 216 Å². The Kier molecular flexibility index (Phi) is 6.45. The third kappa shape index (κ3) is 4.57. The standard InChI is InChI=1S/C28H32N6O3/c1-17-13-20(15-23-25(17)30-28(37-5)32(23)3)27(36)34-12-11-22(21(16-34)19-9-7-6-8-10-19)29-26(35)24-14-18(2)31-33(24)4/h6-10,13-15,21-22H,11-12,16H2,1-5H3,(H,29,35)/t21-,22-/m1/s1. The van der Waals surface area contributed by atoms with Crippen LogP contribution in [-0.2, 0) is 14.1 Å². The van der Waals surface area contributed by atoms with E-state index in [0.717, 1.165) is 27.9 Å². The Balaban J connectivity index is 1.42. The number of fused-ring (bicyclic) bond motifs is 1. The van der Waals surface area contributed by atoms with Crippen molar-refractivity contribution < 1.29 is 14.3 Å². The van der Waals surface area contributed by atoms with E-state index in [2.05, 4.69) is 27.5 Å². The maximum Gasteiger partial charge on any atom is 0.296 e. The zero-order valence-corrected chi connectivity index (χ0v) is 21.9. The van der Waals surface area contributed by atoms with Crippen LogP contribution in [0.15, 0.2) is 48.5 Å². The largest absolute Gasteiger partial charge is 0.468 e. The maximum absolute atomic E-state index is 13.7. The summed E-state index contributed by atoms with van der Waals surface area (Å²) in [5, 5.41) is 7.53.